The number of hydrogen-bond acceptors (Lipinski definition) is 6. The van der Waals surface area contributed by atoms with Crippen LogP contribution in [0.4, 0.5) is 18.9 Å². The van der Waals surface area contributed by atoms with Crippen molar-refractivity contribution < 1.29 is 36.3 Å². The zero-order chi connectivity index (χ0) is 29.3. The zero-order valence-corrected chi connectivity index (χ0v) is 22.8. The number of carbonyl (C=O) groups excluding carboxylic acids is 2. The molecule has 0 bridgehead atoms. The Kier molecular flexibility index (Phi) is 6.44. The molecule has 8 nitrogen and oxygen atoms in total. The number of carbonyl (C=O) groups is 2. The summed E-state index contributed by atoms with van der Waals surface area (Å²) in [6.07, 6.45) is 4.29. The number of nitrogens with one attached hydrogen (secondary N) is 2. The average molecular weight is 606 g/mol. The van der Waals surface area contributed by atoms with E-state index in [1.165, 1.54) is 24.5 Å². The predicted molar refractivity (Wildman–Crippen MR) is 141 cm³/mol. The van der Waals surface area contributed by atoms with Crippen LogP contribution in [0.5, 0.6) is 0 Å². The number of nitrogens with zero attached hydrogens (tertiary/aromatic N) is 1. The molecule has 3 aliphatic rings. The van der Waals surface area contributed by atoms with E-state index in [2.05, 4.69) is 15.6 Å². The van der Waals surface area contributed by atoms with Crippen molar-refractivity contribution in [1.82, 2.24) is 10.3 Å². The Morgan fingerprint density at radius 3 is 2.39 bits per heavy atom. The van der Waals surface area contributed by atoms with Crippen LogP contribution < -0.4 is 10.6 Å². The van der Waals surface area contributed by atoms with Crippen molar-refractivity contribution in [2.24, 2.45) is 17.3 Å². The molecule has 2 aromatic carbocycles. The molecule has 5 atom stereocenters. The van der Waals surface area contributed by atoms with Gasteiger partial charge in [0.15, 0.2) is 27.3 Å². The molecule has 13 heteroatoms. The summed E-state index contributed by atoms with van der Waals surface area (Å²) in [7, 11) is -4.06. The lowest BCUT2D eigenvalue weighted by Gasteiger charge is -2.81. The van der Waals surface area contributed by atoms with Gasteiger partial charge in [0.05, 0.1) is 26.3 Å². The number of amides is 2. The molecule has 41 heavy (non-hydrogen) atoms. The maximum atomic E-state index is 13.8. The third kappa shape index (κ3) is 4.06. The number of halogens is 4. The minimum absolute atomic E-state index is 0.0223. The van der Waals surface area contributed by atoms with Crippen LogP contribution in [0.1, 0.15) is 40.0 Å². The van der Waals surface area contributed by atoms with Gasteiger partial charge in [-0.2, -0.15) is 0 Å². The molecule has 1 spiro atoms. The molecule has 3 fully saturated rings. The summed E-state index contributed by atoms with van der Waals surface area (Å²) < 4.78 is 68.0. The number of aliphatic hydroxyl groups is 1. The second-order valence-electron chi connectivity index (χ2n) is 10.8. The standard InChI is InChI=1S/C28H23ClF3N3O5S/c29-17-4-3-14(26(37)35-16-9-18(30)24(32)19(31)10-16)8-20(17)41(39,40)23-11-22-27(23)6-5-21(27)28(22,38)13-34-25(36)15-2-1-7-33-12-15/h1-4,7-10,12,21-23,38H,5-6,11,13H2,(H,34,36)(H,35,37)/t21?,22?,23?,27?,28-/m0/s1. The highest BCUT2D eigenvalue weighted by molar-refractivity contribution is 7.92. The maximum Gasteiger partial charge on any atom is 0.255 e. The average Bonchev–Trinajstić information content (AvgIpc) is 2.89. The summed E-state index contributed by atoms with van der Waals surface area (Å²) in [4.78, 5) is 28.9. The first kappa shape index (κ1) is 27.7. The van der Waals surface area contributed by atoms with E-state index >= 15 is 0 Å². The molecule has 0 saturated heterocycles. The molecule has 3 N–H and O–H groups in total. The molecule has 4 unspecified atom stereocenters. The first-order valence-electron chi connectivity index (χ1n) is 12.8. The van der Waals surface area contributed by atoms with Crippen molar-refractivity contribution in [1.29, 1.82) is 0 Å². The Hall–Kier alpha value is -3.48. The SMILES string of the molecule is O=C(NC[C@]1(O)C2CCC23C1CC3S(=O)(=O)c1cc(C(=O)Nc2cc(F)c(F)c(F)c2)ccc1Cl)c1cccnc1. The lowest BCUT2D eigenvalue weighted by atomic mass is 9.27. The lowest BCUT2D eigenvalue weighted by Crippen LogP contribution is -2.86. The van der Waals surface area contributed by atoms with Gasteiger partial charge in [-0.15, -0.1) is 0 Å². The highest BCUT2D eigenvalue weighted by Gasteiger charge is 2.83. The van der Waals surface area contributed by atoms with Gasteiger partial charge in [0.25, 0.3) is 11.8 Å². The van der Waals surface area contributed by atoms with E-state index < -0.39 is 49.5 Å². The van der Waals surface area contributed by atoms with Gasteiger partial charge in [-0.3, -0.25) is 14.6 Å². The number of sulfone groups is 1. The highest BCUT2D eigenvalue weighted by Crippen LogP contribution is 2.80. The first-order valence-corrected chi connectivity index (χ1v) is 14.7. The summed E-state index contributed by atoms with van der Waals surface area (Å²) in [6, 6.07) is 8.02. The van der Waals surface area contributed by atoms with Crippen molar-refractivity contribution in [3.8, 4) is 0 Å². The fraction of sp³-hybridized carbons (Fsp3) is 0.321. The second kappa shape index (κ2) is 9.53. The summed E-state index contributed by atoms with van der Waals surface area (Å²) in [5.41, 5.74) is -2.05. The van der Waals surface area contributed by atoms with Crippen LogP contribution in [-0.4, -0.2) is 47.7 Å². The molecule has 6 rings (SSSR count). The van der Waals surface area contributed by atoms with Crippen LogP contribution >= 0.6 is 11.6 Å². The van der Waals surface area contributed by atoms with E-state index in [9.17, 15) is 36.3 Å². The van der Waals surface area contributed by atoms with E-state index in [4.69, 9.17) is 11.6 Å². The van der Waals surface area contributed by atoms with Crippen LogP contribution in [0.3, 0.4) is 0 Å². The van der Waals surface area contributed by atoms with Crippen molar-refractivity contribution in [2.75, 3.05) is 11.9 Å². The first-order chi connectivity index (χ1) is 19.4. The Morgan fingerprint density at radius 1 is 1.05 bits per heavy atom. The van der Waals surface area contributed by atoms with Gasteiger partial charge in [-0.1, -0.05) is 11.6 Å². The van der Waals surface area contributed by atoms with E-state index in [0.29, 0.717) is 30.5 Å². The van der Waals surface area contributed by atoms with Crippen LogP contribution in [0, 0.1) is 34.7 Å². The number of pyridine rings is 1. The molecule has 0 aliphatic heterocycles. The Bertz CT molecular complexity index is 1680. The summed E-state index contributed by atoms with van der Waals surface area (Å²) in [5.74, 6) is -6.62. The Labute approximate surface area is 237 Å². The predicted octanol–water partition coefficient (Wildman–Crippen LogP) is 4.14. The second-order valence-corrected chi connectivity index (χ2v) is 13.3. The molecular weight excluding hydrogens is 583 g/mol. The van der Waals surface area contributed by atoms with Crippen molar-refractivity contribution >= 4 is 38.9 Å². The fourth-order valence-corrected chi connectivity index (χ4v) is 9.85. The molecule has 3 saturated carbocycles. The summed E-state index contributed by atoms with van der Waals surface area (Å²) >= 11 is 6.28. The van der Waals surface area contributed by atoms with Gasteiger partial charge in [0, 0.05) is 42.3 Å². The van der Waals surface area contributed by atoms with Gasteiger partial charge in [-0.25, -0.2) is 21.6 Å². The summed E-state index contributed by atoms with van der Waals surface area (Å²) in [6.45, 7) is -0.0223. The van der Waals surface area contributed by atoms with Gasteiger partial charge in [-0.05, 0) is 66.8 Å². The largest absolute Gasteiger partial charge is 0.387 e. The molecule has 1 aromatic heterocycles. The van der Waals surface area contributed by atoms with Crippen LogP contribution in [0.2, 0.25) is 5.02 Å². The lowest BCUT2D eigenvalue weighted by molar-refractivity contribution is -0.346. The molecule has 2 amide bonds. The van der Waals surface area contributed by atoms with E-state index in [1.54, 1.807) is 12.1 Å². The molecule has 0 radical (unpaired) electrons. The number of benzene rings is 2. The highest BCUT2D eigenvalue weighted by atomic mass is 35.5. The van der Waals surface area contributed by atoms with Crippen molar-refractivity contribution in [2.45, 2.75) is 35.0 Å². The van der Waals surface area contributed by atoms with Crippen LogP contribution in [-0.2, 0) is 9.84 Å². The van der Waals surface area contributed by atoms with Gasteiger partial charge >= 0.3 is 0 Å². The van der Waals surface area contributed by atoms with Gasteiger partial charge < -0.3 is 15.7 Å². The van der Waals surface area contributed by atoms with Crippen LogP contribution in [0.25, 0.3) is 0 Å². The normalized spacial score (nSPS) is 27.8. The van der Waals surface area contributed by atoms with Gasteiger partial charge in [0.1, 0.15) is 0 Å². The summed E-state index contributed by atoms with van der Waals surface area (Å²) in [5, 5.41) is 15.4. The van der Waals surface area contributed by atoms with E-state index in [1.807, 2.05) is 0 Å². The fourth-order valence-electron chi connectivity index (χ4n) is 7.00. The molecule has 3 aromatic rings. The molecular formula is C28H23ClF3N3O5S. The van der Waals surface area contributed by atoms with Crippen molar-refractivity contribution in [3.63, 3.8) is 0 Å². The number of anilines is 1. The monoisotopic (exact) mass is 605 g/mol. The third-order valence-electron chi connectivity index (χ3n) is 8.99. The molecule has 1 heterocycles. The molecule has 214 valence electrons. The smallest absolute Gasteiger partial charge is 0.255 e. The minimum atomic E-state index is -4.06. The zero-order valence-electron chi connectivity index (χ0n) is 21.2. The number of rotatable bonds is 7. The van der Waals surface area contributed by atoms with Gasteiger partial charge in [0.2, 0.25) is 0 Å². The van der Waals surface area contributed by atoms with E-state index in [0.717, 1.165) is 6.07 Å². The maximum absolute atomic E-state index is 13.8. The minimum Gasteiger partial charge on any atom is -0.387 e. The third-order valence-corrected chi connectivity index (χ3v) is 11.8. The Balaban J connectivity index is 1.19. The van der Waals surface area contributed by atoms with E-state index in [-0.39, 0.29) is 51.9 Å². The number of aromatic nitrogens is 1. The van der Waals surface area contributed by atoms with Crippen molar-refractivity contribution in [3.05, 3.63) is 88.5 Å². The quantitative estimate of drug-likeness (QED) is 0.348. The molecule has 3 aliphatic carbocycles. The number of hydrogen-bond donors (Lipinski definition) is 3. The van der Waals surface area contributed by atoms with Crippen LogP contribution in [0.15, 0.2) is 59.8 Å². The Morgan fingerprint density at radius 2 is 1.78 bits per heavy atom. The topological polar surface area (TPSA) is 125 Å².